The zero-order valence-corrected chi connectivity index (χ0v) is 13.4. The number of aromatic nitrogens is 1. The van der Waals surface area contributed by atoms with Crippen molar-refractivity contribution >= 4 is 28.5 Å². The maximum Gasteiger partial charge on any atom is 0.250 e. The fourth-order valence-electron chi connectivity index (χ4n) is 1.72. The quantitative estimate of drug-likeness (QED) is 0.793. The molecule has 0 radical (unpaired) electrons. The van der Waals surface area contributed by atoms with Crippen LogP contribution in [0.1, 0.15) is 18.9 Å². The molecule has 22 heavy (non-hydrogen) atoms. The van der Waals surface area contributed by atoms with Crippen LogP contribution in [0.4, 0.5) is 5.13 Å². The molecule has 1 heterocycles. The van der Waals surface area contributed by atoms with Crippen molar-refractivity contribution in [3.63, 3.8) is 0 Å². The van der Waals surface area contributed by atoms with Crippen molar-refractivity contribution in [1.82, 2.24) is 4.98 Å². The van der Waals surface area contributed by atoms with Gasteiger partial charge in [0.2, 0.25) is 5.91 Å². The third kappa shape index (κ3) is 4.60. The van der Waals surface area contributed by atoms with Crippen LogP contribution in [-0.2, 0) is 4.79 Å². The smallest absolute Gasteiger partial charge is 0.250 e. The molecule has 0 aliphatic rings. The van der Waals surface area contributed by atoms with Crippen LogP contribution in [0.2, 0.25) is 0 Å². The highest BCUT2D eigenvalue weighted by Crippen LogP contribution is 2.28. The Kier molecular flexibility index (Phi) is 5.97. The Balaban J connectivity index is 2.02. The number of thiazole rings is 1. The molecule has 5 nitrogen and oxygen atoms in total. The highest BCUT2D eigenvalue weighted by atomic mass is 32.1. The van der Waals surface area contributed by atoms with Crippen molar-refractivity contribution in [2.24, 2.45) is 0 Å². The van der Waals surface area contributed by atoms with Gasteiger partial charge in [0.15, 0.2) is 16.6 Å². The first-order valence-corrected chi connectivity index (χ1v) is 7.80. The molecular weight excluding hydrogens is 300 g/mol. The van der Waals surface area contributed by atoms with Gasteiger partial charge in [0.05, 0.1) is 13.7 Å². The molecule has 2 aromatic rings. The molecule has 0 aliphatic heterocycles. The van der Waals surface area contributed by atoms with Gasteiger partial charge in [-0.05, 0) is 30.2 Å². The standard InChI is InChI=1S/C16H18N2O3S/c1-3-9-21-13-6-4-12(11-14(13)20-2)5-7-15(19)18-16-17-8-10-22-16/h4-8,10-11H,3,9H2,1-2H3,(H,17,18,19). The van der Waals surface area contributed by atoms with E-state index in [1.807, 2.05) is 25.1 Å². The van der Waals surface area contributed by atoms with E-state index in [0.29, 0.717) is 23.2 Å². The second-order valence-electron chi connectivity index (χ2n) is 4.42. The largest absolute Gasteiger partial charge is 0.493 e. The molecule has 0 saturated carbocycles. The molecule has 1 amide bonds. The highest BCUT2D eigenvalue weighted by molar-refractivity contribution is 7.13. The topological polar surface area (TPSA) is 60.5 Å². The first-order chi connectivity index (χ1) is 10.7. The summed E-state index contributed by atoms with van der Waals surface area (Å²) in [5.74, 6) is 1.13. The zero-order chi connectivity index (χ0) is 15.8. The fraction of sp³-hybridized carbons (Fsp3) is 0.250. The Morgan fingerprint density at radius 1 is 1.41 bits per heavy atom. The summed E-state index contributed by atoms with van der Waals surface area (Å²) in [6.45, 7) is 2.69. The van der Waals surface area contributed by atoms with E-state index >= 15 is 0 Å². The Bertz CT molecular complexity index is 639. The summed E-state index contributed by atoms with van der Waals surface area (Å²) in [7, 11) is 1.59. The number of methoxy groups -OCH3 is 1. The van der Waals surface area contributed by atoms with Crippen LogP contribution in [0.15, 0.2) is 35.9 Å². The number of nitrogens with one attached hydrogen (secondary N) is 1. The van der Waals surface area contributed by atoms with Crippen LogP contribution in [0, 0.1) is 0 Å². The van der Waals surface area contributed by atoms with Crippen molar-refractivity contribution in [2.45, 2.75) is 13.3 Å². The average Bonchev–Trinajstić information content (AvgIpc) is 3.04. The van der Waals surface area contributed by atoms with Crippen molar-refractivity contribution in [1.29, 1.82) is 0 Å². The minimum atomic E-state index is -0.222. The Morgan fingerprint density at radius 3 is 2.95 bits per heavy atom. The van der Waals surface area contributed by atoms with Gasteiger partial charge in [-0.2, -0.15) is 0 Å². The number of ether oxygens (including phenoxy) is 2. The number of carbonyl (C=O) groups is 1. The summed E-state index contributed by atoms with van der Waals surface area (Å²) in [6, 6.07) is 5.55. The third-order valence-electron chi connectivity index (χ3n) is 2.74. The van der Waals surface area contributed by atoms with Gasteiger partial charge < -0.3 is 9.47 Å². The minimum Gasteiger partial charge on any atom is -0.493 e. The number of carbonyl (C=O) groups excluding carboxylic acids is 1. The number of hydrogen-bond acceptors (Lipinski definition) is 5. The summed E-state index contributed by atoms with van der Waals surface area (Å²) in [6.07, 6.45) is 5.75. The summed E-state index contributed by atoms with van der Waals surface area (Å²) < 4.78 is 10.9. The van der Waals surface area contributed by atoms with E-state index in [0.717, 1.165) is 12.0 Å². The zero-order valence-electron chi connectivity index (χ0n) is 12.5. The third-order valence-corrected chi connectivity index (χ3v) is 3.43. The van der Waals surface area contributed by atoms with E-state index in [2.05, 4.69) is 10.3 Å². The second kappa shape index (κ2) is 8.19. The molecule has 2 rings (SSSR count). The molecule has 0 unspecified atom stereocenters. The molecule has 116 valence electrons. The van der Waals surface area contributed by atoms with Gasteiger partial charge in [-0.3, -0.25) is 10.1 Å². The van der Waals surface area contributed by atoms with Crippen LogP contribution < -0.4 is 14.8 Å². The lowest BCUT2D eigenvalue weighted by Crippen LogP contribution is -2.07. The molecule has 0 fully saturated rings. The lowest BCUT2D eigenvalue weighted by atomic mass is 10.2. The van der Waals surface area contributed by atoms with E-state index in [4.69, 9.17) is 9.47 Å². The van der Waals surface area contributed by atoms with Crippen LogP contribution in [0.5, 0.6) is 11.5 Å². The number of benzene rings is 1. The monoisotopic (exact) mass is 318 g/mol. The maximum absolute atomic E-state index is 11.8. The van der Waals surface area contributed by atoms with E-state index in [1.165, 1.54) is 17.4 Å². The van der Waals surface area contributed by atoms with E-state index in [1.54, 1.807) is 24.8 Å². The predicted molar refractivity (Wildman–Crippen MR) is 88.6 cm³/mol. The number of amides is 1. The Morgan fingerprint density at radius 2 is 2.27 bits per heavy atom. The molecule has 1 N–H and O–H groups in total. The molecule has 0 spiro atoms. The number of rotatable bonds is 7. The number of anilines is 1. The second-order valence-corrected chi connectivity index (χ2v) is 5.31. The number of hydrogen-bond donors (Lipinski definition) is 1. The fourth-order valence-corrected chi connectivity index (χ4v) is 2.26. The average molecular weight is 318 g/mol. The highest BCUT2D eigenvalue weighted by Gasteiger charge is 2.05. The summed E-state index contributed by atoms with van der Waals surface area (Å²) in [5, 5.41) is 5.07. The normalized spacial score (nSPS) is 10.6. The molecule has 0 saturated heterocycles. The Hall–Kier alpha value is -2.34. The van der Waals surface area contributed by atoms with E-state index in [-0.39, 0.29) is 5.91 Å². The summed E-state index contributed by atoms with van der Waals surface area (Å²) in [5.41, 5.74) is 0.856. The van der Waals surface area contributed by atoms with Crippen molar-refractivity contribution in [2.75, 3.05) is 19.0 Å². The maximum atomic E-state index is 11.8. The lowest BCUT2D eigenvalue weighted by molar-refractivity contribution is -0.111. The lowest BCUT2D eigenvalue weighted by Gasteiger charge is -2.10. The van der Waals surface area contributed by atoms with Crippen LogP contribution in [0.25, 0.3) is 6.08 Å². The first-order valence-electron chi connectivity index (χ1n) is 6.92. The van der Waals surface area contributed by atoms with Gasteiger partial charge >= 0.3 is 0 Å². The van der Waals surface area contributed by atoms with Gasteiger partial charge in [-0.25, -0.2) is 4.98 Å². The molecule has 0 atom stereocenters. The first kappa shape index (κ1) is 16.0. The van der Waals surface area contributed by atoms with Crippen molar-refractivity contribution in [3.05, 3.63) is 41.4 Å². The van der Waals surface area contributed by atoms with Crippen LogP contribution in [0.3, 0.4) is 0 Å². The van der Waals surface area contributed by atoms with Crippen LogP contribution >= 0.6 is 11.3 Å². The summed E-state index contributed by atoms with van der Waals surface area (Å²) >= 11 is 1.38. The number of nitrogens with zero attached hydrogens (tertiary/aromatic N) is 1. The van der Waals surface area contributed by atoms with Gasteiger partial charge in [0.25, 0.3) is 0 Å². The molecular formula is C16H18N2O3S. The summed E-state index contributed by atoms with van der Waals surface area (Å²) in [4.78, 5) is 15.8. The van der Waals surface area contributed by atoms with Gasteiger partial charge in [-0.15, -0.1) is 11.3 Å². The molecule has 0 bridgehead atoms. The van der Waals surface area contributed by atoms with Crippen LogP contribution in [-0.4, -0.2) is 24.6 Å². The molecule has 0 aliphatic carbocycles. The molecule has 1 aromatic carbocycles. The SMILES string of the molecule is CCCOc1ccc(C=CC(=O)Nc2nccs2)cc1OC. The van der Waals surface area contributed by atoms with E-state index in [9.17, 15) is 4.79 Å². The van der Waals surface area contributed by atoms with Gasteiger partial charge in [-0.1, -0.05) is 13.0 Å². The van der Waals surface area contributed by atoms with Gasteiger partial charge in [0, 0.05) is 17.7 Å². The minimum absolute atomic E-state index is 0.222. The van der Waals surface area contributed by atoms with Gasteiger partial charge in [0.1, 0.15) is 0 Å². The van der Waals surface area contributed by atoms with Crippen molar-refractivity contribution < 1.29 is 14.3 Å². The van der Waals surface area contributed by atoms with Crippen molar-refractivity contribution in [3.8, 4) is 11.5 Å². The predicted octanol–water partition coefficient (Wildman–Crippen LogP) is 3.59. The molecule has 1 aromatic heterocycles. The van der Waals surface area contributed by atoms with E-state index < -0.39 is 0 Å². The Labute approximate surface area is 133 Å². The molecule has 6 heteroatoms.